The average molecular weight is 270 g/mol. The van der Waals surface area contributed by atoms with E-state index in [1.807, 2.05) is 29.9 Å². The van der Waals surface area contributed by atoms with Crippen molar-refractivity contribution in [2.45, 2.75) is 13.1 Å². The van der Waals surface area contributed by atoms with Crippen LogP contribution < -0.4 is 5.32 Å². The molecular formula is C12H13Cl2N3. The second kappa shape index (κ2) is 5.54. The van der Waals surface area contributed by atoms with Gasteiger partial charge in [-0.2, -0.15) is 0 Å². The highest BCUT2D eigenvalue weighted by atomic mass is 35.5. The molecule has 3 nitrogen and oxygen atoms in total. The minimum atomic E-state index is 0.583. The highest BCUT2D eigenvalue weighted by Gasteiger charge is 2.07. The van der Waals surface area contributed by atoms with E-state index in [4.69, 9.17) is 23.2 Å². The van der Waals surface area contributed by atoms with Crippen LogP contribution in [-0.4, -0.2) is 16.6 Å². The normalized spacial score (nSPS) is 10.8. The van der Waals surface area contributed by atoms with Crippen molar-refractivity contribution in [3.63, 3.8) is 0 Å². The van der Waals surface area contributed by atoms with E-state index in [0.29, 0.717) is 16.6 Å². The molecule has 0 saturated carbocycles. The molecule has 0 amide bonds. The molecule has 5 heteroatoms. The maximum Gasteiger partial charge on any atom is 0.122 e. The van der Waals surface area contributed by atoms with Crippen LogP contribution in [0.1, 0.15) is 11.4 Å². The predicted octanol–water partition coefficient (Wildman–Crippen LogP) is 2.96. The van der Waals surface area contributed by atoms with Crippen molar-refractivity contribution in [2.24, 2.45) is 0 Å². The molecule has 0 aliphatic rings. The third kappa shape index (κ3) is 2.80. The summed E-state index contributed by atoms with van der Waals surface area (Å²) in [5.41, 5.74) is 0.995. The van der Waals surface area contributed by atoms with E-state index in [0.717, 1.165) is 17.9 Å². The molecule has 17 heavy (non-hydrogen) atoms. The second-order valence-electron chi connectivity index (χ2n) is 3.71. The number of nitrogens with one attached hydrogen (secondary N) is 1. The Kier molecular flexibility index (Phi) is 4.05. The summed E-state index contributed by atoms with van der Waals surface area (Å²) in [7, 11) is 1.89. The standard InChI is InChI=1S/C12H13Cl2N3/c1-15-7-11-16-5-6-17(11)8-9-3-2-4-10(13)12(9)14/h2-6,15H,7-8H2,1H3. The zero-order chi connectivity index (χ0) is 12.3. The van der Waals surface area contributed by atoms with Crippen molar-refractivity contribution in [3.05, 3.63) is 52.0 Å². The van der Waals surface area contributed by atoms with E-state index in [1.165, 1.54) is 0 Å². The van der Waals surface area contributed by atoms with Gasteiger partial charge in [0.15, 0.2) is 0 Å². The molecule has 2 rings (SSSR count). The average Bonchev–Trinajstić information content (AvgIpc) is 2.73. The Morgan fingerprint density at radius 1 is 1.35 bits per heavy atom. The molecule has 0 atom stereocenters. The van der Waals surface area contributed by atoms with Crippen LogP contribution >= 0.6 is 23.2 Å². The van der Waals surface area contributed by atoms with Crippen molar-refractivity contribution >= 4 is 23.2 Å². The third-order valence-electron chi connectivity index (χ3n) is 2.51. The molecule has 0 unspecified atom stereocenters. The lowest BCUT2D eigenvalue weighted by Crippen LogP contribution is -2.12. The Labute approximate surface area is 110 Å². The highest BCUT2D eigenvalue weighted by Crippen LogP contribution is 2.26. The van der Waals surface area contributed by atoms with Crippen LogP contribution in [0.4, 0.5) is 0 Å². The number of benzene rings is 1. The van der Waals surface area contributed by atoms with Crippen LogP contribution in [0.25, 0.3) is 0 Å². The Hall–Kier alpha value is -1.03. The first-order chi connectivity index (χ1) is 8.22. The first-order valence-corrected chi connectivity index (χ1v) is 6.05. The molecule has 2 aromatic rings. The van der Waals surface area contributed by atoms with Crippen molar-refractivity contribution in [1.29, 1.82) is 0 Å². The summed E-state index contributed by atoms with van der Waals surface area (Å²) in [5, 5.41) is 4.27. The summed E-state index contributed by atoms with van der Waals surface area (Å²) in [6.07, 6.45) is 3.72. The van der Waals surface area contributed by atoms with Gasteiger partial charge in [0.05, 0.1) is 23.1 Å². The lowest BCUT2D eigenvalue weighted by Gasteiger charge is -2.09. The number of rotatable bonds is 4. The summed E-state index contributed by atoms with van der Waals surface area (Å²) in [4.78, 5) is 4.28. The molecule has 0 fully saturated rings. The molecule has 0 aliphatic carbocycles. The Balaban J connectivity index is 2.25. The van der Waals surface area contributed by atoms with Crippen molar-refractivity contribution in [3.8, 4) is 0 Å². The third-order valence-corrected chi connectivity index (χ3v) is 3.37. The largest absolute Gasteiger partial charge is 0.329 e. The molecular weight excluding hydrogens is 257 g/mol. The summed E-state index contributed by atoms with van der Waals surface area (Å²) in [5.74, 6) is 0.976. The van der Waals surface area contributed by atoms with E-state index in [1.54, 1.807) is 12.3 Å². The summed E-state index contributed by atoms with van der Waals surface area (Å²) < 4.78 is 2.05. The summed E-state index contributed by atoms with van der Waals surface area (Å²) >= 11 is 12.1. The Bertz CT molecular complexity index is 508. The van der Waals surface area contributed by atoms with Gasteiger partial charge in [0.1, 0.15) is 5.82 Å². The van der Waals surface area contributed by atoms with Gasteiger partial charge in [0.25, 0.3) is 0 Å². The van der Waals surface area contributed by atoms with Crippen LogP contribution in [0.3, 0.4) is 0 Å². The lowest BCUT2D eigenvalue weighted by atomic mass is 10.2. The number of aromatic nitrogens is 2. The SMILES string of the molecule is CNCc1nccn1Cc1cccc(Cl)c1Cl. The lowest BCUT2D eigenvalue weighted by molar-refractivity contribution is 0.673. The number of hydrogen-bond donors (Lipinski definition) is 1. The van der Waals surface area contributed by atoms with E-state index in [9.17, 15) is 0 Å². The van der Waals surface area contributed by atoms with Crippen molar-refractivity contribution < 1.29 is 0 Å². The van der Waals surface area contributed by atoms with Crippen molar-refractivity contribution in [1.82, 2.24) is 14.9 Å². The van der Waals surface area contributed by atoms with Crippen LogP contribution in [0.15, 0.2) is 30.6 Å². The summed E-state index contributed by atoms with van der Waals surface area (Å²) in [6.45, 7) is 1.40. The number of nitrogens with zero attached hydrogens (tertiary/aromatic N) is 2. The molecule has 90 valence electrons. The van der Waals surface area contributed by atoms with Gasteiger partial charge in [0.2, 0.25) is 0 Å². The molecule has 1 heterocycles. The minimum Gasteiger partial charge on any atom is -0.329 e. The van der Waals surface area contributed by atoms with Crippen LogP contribution in [0, 0.1) is 0 Å². The first-order valence-electron chi connectivity index (χ1n) is 5.30. The fraction of sp³-hybridized carbons (Fsp3) is 0.250. The molecule has 1 aromatic heterocycles. The maximum absolute atomic E-state index is 6.16. The predicted molar refractivity (Wildman–Crippen MR) is 70.6 cm³/mol. The Morgan fingerprint density at radius 3 is 2.94 bits per heavy atom. The second-order valence-corrected chi connectivity index (χ2v) is 4.50. The quantitative estimate of drug-likeness (QED) is 0.925. The van der Waals surface area contributed by atoms with E-state index >= 15 is 0 Å². The topological polar surface area (TPSA) is 29.9 Å². The molecule has 0 saturated heterocycles. The van der Waals surface area contributed by atoms with Crippen LogP contribution in [0.2, 0.25) is 10.0 Å². The highest BCUT2D eigenvalue weighted by molar-refractivity contribution is 6.42. The van der Waals surface area contributed by atoms with Gasteiger partial charge in [-0.1, -0.05) is 35.3 Å². The first kappa shape index (κ1) is 12.4. The van der Waals surface area contributed by atoms with E-state index in [2.05, 4.69) is 10.3 Å². The number of halogens is 2. The molecule has 1 N–H and O–H groups in total. The molecule has 0 radical (unpaired) electrons. The van der Waals surface area contributed by atoms with E-state index in [-0.39, 0.29) is 0 Å². The van der Waals surface area contributed by atoms with Gasteiger partial charge in [0, 0.05) is 12.4 Å². The minimum absolute atomic E-state index is 0.583. The Morgan fingerprint density at radius 2 is 2.18 bits per heavy atom. The molecule has 0 bridgehead atoms. The molecule has 0 spiro atoms. The zero-order valence-corrected chi connectivity index (χ0v) is 11.0. The van der Waals surface area contributed by atoms with Crippen molar-refractivity contribution in [2.75, 3.05) is 7.05 Å². The van der Waals surface area contributed by atoms with Crippen LogP contribution in [0.5, 0.6) is 0 Å². The molecule has 0 aliphatic heterocycles. The summed E-state index contributed by atoms with van der Waals surface area (Å²) in [6, 6.07) is 5.66. The maximum atomic E-state index is 6.16. The van der Waals surface area contributed by atoms with Gasteiger partial charge in [-0.15, -0.1) is 0 Å². The van der Waals surface area contributed by atoms with Crippen LogP contribution in [-0.2, 0) is 13.1 Å². The molecule has 1 aromatic carbocycles. The number of hydrogen-bond acceptors (Lipinski definition) is 2. The van der Waals surface area contributed by atoms with E-state index < -0.39 is 0 Å². The van der Waals surface area contributed by atoms with Gasteiger partial charge in [-0.3, -0.25) is 0 Å². The smallest absolute Gasteiger partial charge is 0.122 e. The van der Waals surface area contributed by atoms with Gasteiger partial charge in [-0.25, -0.2) is 4.98 Å². The fourth-order valence-electron chi connectivity index (χ4n) is 1.66. The number of imidazole rings is 1. The van der Waals surface area contributed by atoms with Gasteiger partial charge >= 0.3 is 0 Å². The zero-order valence-electron chi connectivity index (χ0n) is 9.45. The monoisotopic (exact) mass is 269 g/mol. The van der Waals surface area contributed by atoms with Gasteiger partial charge in [-0.05, 0) is 18.7 Å². The van der Waals surface area contributed by atoms with Gasteiger partial charge < -0.3 is 9.88 Å². The fourth-order valence-corrected chi connectivity index (χ4v) is 2.04.